The molecule has 1 aliphatic rings. The van der Waals surface area contributed by atoms with Gasteiger partial charge < -0.3 is 10.1 Å². The quantitative estimate of drug-likeness (QED) is 0.505. The molecule has 3 heterocycles. The van der Waals surface area contributed by atoms with Crippen LogP contribution in [-0.4, -0.2) is 48.9 Å². The smallest absolute Gasteiger partial charge is 0.234 e. The molecule has 0 aliphatic carbocycles. The fourth-order valence-electron chi connectivity index (χ4n) is 3.18. The van der Waals surface area contributed by atoms with E-state index in [2.05, 4.69) is 36.5 Å². The number of anilines is 1. The van der Waals surface area contributed by atoms with Gasteiger partial charge in [0.15, 0.2) is 11.0 Å². The van der Waals surface area contributed by atoms with E-state index in [4.69, 9.17) is 4.74 Å². The van der Waals surface area contributed by atoms with E-state index in [0.29, 0.717) is 27.7 Å². The Kier molecular flexibility index (Phi) is 6.49. The Morgan fingerprint density at radius 1 is 1.40 bits per heavy atom. The second-order valence-electron chi connectivity index (χ2n) is 6.89. The molecule has 1 aliphatic heterocycles. The molecule has 8 nitrogen and oxygen atoms in total. The van der Waals surface area contributed by atoms with E-state index in [9.17, 15) is 9.18 Å². The van der Waals surface area contributed by atoms with Crippen molar-refractivity contribution >= 4 is 39.3 Å². The average molecular weight is 495 g/mol. The molecule has 1 fully saturated rings. The highest BCUT2D eigenvalue weighted by Gasteiger charge is 2.23. The molecule has 1 saturated heterocycles. The Bertz CT molecular complexity index is 1050. The van der Waals surface area contributed by atoms with Crippen LogP contribution in [0.1, 0.15) is 12.8 Å². The molecule has 11 heteroatoms. The second kappa shape index (κ2) is 9.27. The number of nitrogens with one attached hydrogen (secondary N) is 1. The molecule has 30 heavy (non-hydrogen) atoms. The van der Waals surface area contributed by atoms with Gasteiger partial charge in [0, 0.05) is 24.3 Å². The molecule has 3 aromatic rings. The third kappa shape index (κ3) is 4.90. The van der Waals surface area contributed by atoms with Crippen molar-refractivity contribution in [2.45, 2.75) is 30.6 Å². The number of rotatable bonds is 7. The minimum absolute atomic E-state index is 0.0708. The summed E-state index contributed by atoms with van der Waals surface area (Å²) in [6, 6.07) is 6.36. The molecule has 158 valence electrons. The first-order valence-corrected chi connectivity index (χ1v) is 11.2. The summed E-state index contributed by atoms with van der Waals surface area (Å²) < 4.78 is 24.0. The van der Waals surface area contributed by atoms with E-state index in [0.717, 1.165) is 19.4 Å². The van der Waals surface area contributed by atoms with Gasteiger partial charge >= 0.3 is 0 Å². The van der Waals surface area contributed by atoms with Crippen molar-refractivity contribution in [2.75, 3.05) is 17.7 Å². The molecule has 2 aromatic heterocycles. The van der Waals surface area contributed by atoms with Crippen molar-refractivity contribution in [2.24, 2.45) is 7.05 Å². The van der Waals surface area contributed by atoms with Gasteiger partial charge in [0.1, 0.15) is 11.5 Å². The van der Waals surface area contributed by atoms with Gasteiger partial charge in [-0.2, -0.15) is 5.10 Å². The van der Waals surface area contributed by atoms with Gasteiger partial charge in [0.05, 0.1) is 24.1 Å². The van der Waals surface area contributed by atoms with Crippen LogP contribution in [-0.2, 0) is 23.1 Å². The Morgan fingerprint density at radius 2 is 2.27 bits per heavy atom. The summed E-state index contributed by atoms with van der Waals surface area (Å²) >= 11 is 4.44. The van der Waals surface area contributed by atoms with Gasteiger partial charge in [-0.1, -0.05) is 27.7 Å². The van der Waals surface area contributed by atoms with Crippen LogP contribution in [0.4, 0.5) is 10.1 Å². The number of aromatic nitrogens is 5. The van der Waals surface area contributed by atoms with E-state index in [1.165, 1.54) is 23.9 Å². The van der Waals surface area contributed by atoms with Crippen LogP contribution < -0.4 is 5.32 Å². The van der Waals surface area contributed by atoms with E-state index in [1.54, 1.807) is 10.7 Å². The summed E-state index contributed by atoms with van der Waals surface area (Å²) in [7, 11) is 1.84. The summed E-state index contributed by atoms with van der Waals surface area (Å²) in [6.45, 7) is 1.33. The molecule has 1 aromatic carbocycles. The third-order valence-corrected chi connectivity index (χ3v) is 6.07. The monoisotopic (exact) mass is 494 g/mol. The fourth-order valence-corrected chi connectivity index (χ4v) is 4.26. The number of carbonyl (C=O) groups is 1. The maximum absolute atomic E-state index is 14.0. The SMILES string of the molecule is Cn1ccc(-c2nnc(SCC(=O)Nc3ccc(Br)cc3F)n2CC2CCCO2)n1. The minimum atomic E-state index is -0.498. The van der Waals surface area contributed by atoms with E-state index in [1.807, 2.05) is 23.9 Å². The number of thioether (sulfide) groups is 1. The average Bonchev–Trinajstić information content (AvgIpc) is 3.45. The highest BCUT2D eigenvalue weighted by Crippen LogP contribution is 2.26. The lowest BCUT2D eigenvalue weighted by Gasteiger charge is -2.14. The molecular weight excluding hydrogens is 475 g/mol. The third-order valence-electron chi connectivity index (χ3n) is 4.61. The summed E-state index contributed by atoms with van der Waals surface area (Å²) in [4.78, 5) is 12.4. The Balaban J connectivity index is 1.48. The predicted molar refractivity (Wildman–Crippen MR) is 115 cm³/mol. The first-order chi connectivity index (χ1) is 14.5. The lowest BCUT2D eigenvalue weighted by molar-refractivity contribution is -0.113. The Morgan fingerprint density at radius 3 is 2.97 bits per heavy atom. The highest BCUT2D eigenvalue weighted by atomic mass is 79.9. The molecule has 0 saturated carbocycles. The number of halogens is 2. The minimum Gasteiger partial charge on any atom is -0.376 e. The summed E-state index contributed by atoms with van der Waals surface area (Å²) in [6.07, 6.45) is 3.91. The lowest BCUT2D eigenvalue weighted by Crippen LogP contribution is -2.18. The lowest BCUT2D eigenvalue weighted by atomic mass is 10.2. The number of carbonyl (C=O) groups excluding carboxylic acids is 1. The molecule has 1 N–H and O–H groups in total. The van der Waals surface area contributed by atoms with Gasteiger partial charge in [-0.05, 0) is 37.1 Å². The zero-order chi connectivity index (χ0) is 21.1. The predicted octanol–water partition coefficient (Wildman–Crippen LogP) is 3.49. The highest BCUT2D eigenvalue weighted by molar-refractivity contribution is 9.10. The zero-order valence-electron chi connectivity index (χ0n) is 16.2. The fraction of sp³-hybridized carbons (Fsp3) is 0.368. The summed E-state index contributed by atoms with van der Waals surface area (Å²) in [5.74, 6) is -0.122. The number of benzene rings is 1. The van der Waals surface area contributed by atoms with Crippen LogP contribution >= 0.6 is 27.7 Å². The molecule has 1 amide bonds. The largest absolute Gasteiger partial charge is 0.376 e. The molecule has 0 bridgehead atoms. The molecule has 4 rings (SSSR count). The summed E-state index contributed by atoms with van der Waals surface area (Å²) in [5.41, 5.74) is 0.843. The molecule has 0 spiro atoms. The number of nitrogens with zero attached hydrogens (tertiary/aromatic N) is 5. The van der Waals surface area contributed by atoms with Crippen molar-refractivity contribution in [3.8, 4) is 11.5 Å². The molecular formula is C19H20BrFN6O2S. The van der Waals surface area contributed by atoms with Crippen LogP contribution in [0, 0.1) is 5.82 Å². The van der Waals surface area contributed by atoms with Gasteiger partial charge in [0.2, 0.25) is 5.91 Å². The number of aryl methyl sites for hydroxylation is 1. The standard InChI is InChI=1S/C19H20BrFN6O2S/c1-26-7-6-16(25-26)18-23-24-19(27(18)10-13-3-2-8-29-13)30-11-17(28)22-15-5-4-12(20)9-14(15)21/h4-7,9,13H,2-3,8,10-11H2,1H3,(H,22,28). The number of ether oxygens (including phenoxy) is 1. The second-order valence-corrected chi connectivity index (χ2v) is 8.75. The van der Waals surface area contributed by atoms with Gasteiger partial charge in [-0.3, -0.25) is 14.0 Å². The van der Waals surface area contributed by atoms with E-state index in [-0.39, 0.29) is 23.5 Å². The van der Waals surface area contributed by atoms with Crippen molar-refractivity contribution in [3.05, 3.63) is 40.8 Å². The zero-order valence-corrected chi connectivity index (χ0v) is 18.6. The van der Waals surface area contributed by atoms with Gasteiger partial charge in [0.25, 0.3) is 0 Å². The summed E-state index contributed by atoms with van der Waals surface area (Å²) in [5, 5.41) is 16.2. The van der Waals surface area contributed by atoms with Crippen molar-refractivity contribution in [1.29, 1.82) is 0 Å². The Labute approximate surface area is 185 Å². The maximum atomic E-state index is 14.0. The van der Waals surface area contributed by atoms with Crippen molar-refractivity contribution < 1.29 is 13.9 Å². The van der Waals surface area contributed by atoms with Gasteiger partial charge in [-0.15, -0.1) is 10.2 Å². The molecule has 0 radical (unpaired) electrons. The normalized spacial score (nSPS) is 16.2. The van der Waals surface area contributed by atoms with Crippen molar-refractivity contribution in [1.82, 2.24) is 24.5 Å². The number of amides is 1. The van der Waals surface area contributed by atoms with E-state index >= 15 is 0 Å². The van der Waals surface area contributed by atoms with E-state index < -0.39 is 5.82 Å². The molecule has 1 unspecified atom stereocenters. The van der Waals surface area contributed by atoms with Crippen LogP contribution in [0.3, 0.4) is 0 Å². The first-order valence-electron chi connectivity index (χ1n) is 9.42. The van der Waals surface area contributed by atoms with Gasteiger partial charge in [-0.25, -0.2) is 4.39 Å². The van der Waals surface area contributed by atoms with Crippen LogP contribution in [0.2, 0.25) is 0 Å². The van der Waals surface area contributed by atoms with Crippen LogP contribution in [0.5, 0.6) is 0 Å². The molecule has 1 atom stereocenters. The number of hydrogen-bond donors (Lipinski definition) is 1. The van der Waals surface area contributed by atoms with Crippen LogP contribution in [0.15, 0.2) is 40.1 Å². The Hall–Kier alpha value is -2.24. The maximum Gasteiger partial charge on any atom is 0.234 e. The first kappa shape index (κ1) is 21.0. The topological polar surface area (TPSA) is 86.9 Å². The van der Waals surface area contributed by atoms with Crippen molar-refractivity contribution in [3.63, 3.8) is 0 Å². The van der Waals surface area contributed by atoms with Crippen LogP contribution in [0.25, 0.3) is 11.5 Å². The number of hydrogen-bond acceptors (Lipinski definition) is 6.